The number of benzene rings is 1. The van der Waals surface area contributed by atoms with Gasteiger partial charge in [-0.1, -0.05) is 39.3 Å². The van der Waals surface area contributed by atoms with Crippen LogP contribution in [0.5, 0.6) is 0 Å². The van der Waals surface area contributed by atoms with Crippen molar-refractivity contribution in [3.63, 3.8) is 0 Å². The smallest absolute Gasteiger partial charge is 0.163 e. The van der Waals surface area contributed by atoms with Gasteiger partial charge in [-0.15, -0.1) is 0 Å². The molecule has 0 heterocycles. The zero-order chi connectivity index (χ0) is 14.4. The van der Waals surface area contributed by atoms with Gasteiger partial charge >= 0.3 is 0 Å². The van der Waals surface area contributed by atoms with Crippen LogP contribution < -0.4 is 5.73 Å². The van der Waals surface area contributed by atoms with E-state index in [0.717, 1.165) is 25.6 Å². The van der Waals surface area contributed by atoms with Crippen LogP contribution in [-0.2, 0) is 0 Å². The molecule has 0 aromatic heterocycles. The highest BCUT2D eigenvalue weighted by atomic mass is 19.2. The van der Waals surface area contributed by atoms with E-state index >= 15 is 0 Å². The molecule has 108 valence electrons. The summed E-state index contributed by atoms with van der Waals surface area (Å²) in [6.45, 7) is 8.70. The molecule has 2 atom stereocenters. The topological polar surface area (TPSA) is 29.3 Å². The van der Waals surface area contributed by atoms with Gasteiger partial charge in [-0.3, -0.25) is 0 Å². The van der Waals surface area contributed by atoms with Crippen molar-refractivity contribution in [2.45, 2.75) is 33.2 Å². The second kappa shape index (κ2) is 7.56. The summed E-state index contributed by atoms with van der Waals surface area (Å²) >= 11 is 0. The van der Waals surface area contributed by atoms with Gasteiger partial charge in [0.25, 0.3) is 0 Å². The SMILES string of the molecule is CCC(C)CN(CC)CC(N)c1cccc(F)c1F. The molecule has 0 aliphatic carbocycles. The summed E-state index contributed by atoms with van der Waals surface area (Å²) in [6.07, 6.45) is 1.10. The lowest BCUT2D eigenvalue weighted by Crippen LogP contribution is -2.35. The molecular weight excluding hydrogens is 246 g/mol. The molecule has 0 aliphatic rings. The molecule has 2 nitrogen and oxygen atoms in total. The van der Waals surface area contributed by atoms with Crippen LogP contribution in [0.15, 0.2) is 18.2 Å². The normalized spacial score (nSPS) is 14.7. The van der Waals surface area contributed by atoms with Gasteiger partial charge in [0.15, 0.2) is 11.6 Å². The van der Waals surface area contributed by atoms with Crippen molar-refractivity contribution >= 4 is 0 Å². The summed E-state index contributed by atoms with van der Waals surface area (Å²) in [7, 11) is 0. The van der Waals surface area contributed by atoms with E-state index < -0.39 is 17.7 Å². The van der Waals surface area contributed by atoms with E-state index in [1.165, 1.54) is 6.07 Å². The van der Waals surface area contributed by atoms with Crippen LogP contribution in [0.4, 0.5) is 8.78 Å². The maximum atomic E-state index is 13.7. The molecule has 19 heavy (non-hydrogen) atoms. The van der Waals surface area contributed by atoms with Gasteiger partial charge in [-0.25, -0.2) is 8.78 Å². The summed E-state index contributed by atoms with van der Waals surface area (Å²) in [5.74, 6) is -1.09. The molecule has 1 rings (SSSR count). The molecule has 0 bridgehead atoms. The molecule has 2 N–H and O–H groups in total. The van der Waals surface area contributed by atoms with E-state index in [9.17, 15) is 8.78 Å². The minimum Gasteiger partial charge on any atom is -0.323 e. The second-order valence-corrected chi connectivity index (χ2v) is 5.12. The van der Waals surface area contributed by atoms with Crippen LogP contribution in [0, 0.1) is 17.6 Å². The van der Waals surface area contributed by atoms with E-state index in [0.29, 0.717) is 12.5 Å². The monoisotopic (exact) mass is 270 g/mol. The Labute approximate surface area is 114 Å². The van der Waals surface area contributed by atoms with Crippen molar-refractivity contribution in [1.82, 2.24) is 4.90 Å². The number of nitrogens with two attached hydrogens (primary N) is 1. The first-order valence-corrected chi connectivity index (χ1v) is 6.91. The van der Waals surface area contributed by atoms with Crippen molar-refractivity contribution in [1.29, 1.82) is 0 Å². The minimum absolute atomic E-state index is 0.252. The number of rotatable bonds is 7. The van der Waals surface area contributed by atoms with Gasteiger partial charge in [0.05, 0.1) is 0 Å². The molecular formula is C15H24F2N2. The third kappa shape index (κ3) is 4.55. The summed E-state index contributed by atoms with van der Waals surface area (Å²) in [5.41, 5.74) is 6.26. The predicted molar refractivity (Wildman–Crippen MR) is 74.9 cm³/mol. The van der Waals surface area contributed by atoms with Crippen molar-refractivity contribution < 1.29 is 8.78 Å². The largest absolute Gasteiger partial charge is 0.323 e. The Morgan fingerprint density at radius 3 is 2.47 bits per heavy atom. The van der Waals surface area contributed by atoms with Crippen LogP contribution in [0.25, 0.3) is 0 Å². The molecule has 4 heteroatoms. The van der Waals surface area contributed by atoms with E-state index in [1.807, 2.05) is 0 Å². The third-order valence-electron chi connectivity index (χ3n) is 3.55. The first-order chi connectivity index (χ1) is 8.99. The molecule has 0 aliphatic heterocycles. The van der Waals surface area contributed by atoms with Crippen molar-refractivity contribution in [3.05, 3.63) is 35.4 Å². The van der Waals surface area contributed by atoms with Gasteiger partial charge in [0.2, 0.25) is 0 Å². The Balaban J connectivity index is 2.71. The number of nitrogens with zero attached hydrogens (tertiary/aromatic N) is 1. The summed E-state index contributed by atoms with van der Waals surface area (Å²) < 4.78 is 26.8. The standard InChI is InChI=1S/C15H24F2N2/c1-4-11(3)9-19(5-2)10-14(18)12-7-6-8-13(16)15(12)17/h6-8,11,14H,4-5,9-10,18H2,1-3H3. The molecule has 0 amide bonds. The first kappa shape index (κ1) is 16.1. The fourth-order valence-electron chi connectivity index (χ4n) is 2.09. The maximum Gasteiger partial charge on any atom is 0.163 e. The van der Waals surface area contributed by atoms with Gasteiger partial charge in [-0.05, 0) is 18.5 Å². The zero-order valence-corrected chi connectivity index (χ0v) is 12.0. The zero-order valence-electron chi connectivity index (χ0n) is 12.0. The average Bonchev–Trinajstić information content (AvgIpc) is 2.40. The Morgan fingerprint density at radius 1 is 1.21 bits per heavy atom. The number of hydrogen-bond acceptors (Lipinski definition) is 2. The number of halogens is 2. The Kier molecular flexibility index (Phi) is 6.38. The van der Waals surface area contributed by atoms with Crippen LogP contribution in [-0.4, -0.2) is 24.5 Å². The summed E-state index contributed by atoms with van der Waals surface area (Å²) in [5, 5.41) is 0. The maximum absolute atomic E-state index is 13.7. The van der Waals surface area contributed by atoms with E-state index in [2.05, 4.69) is 25.7 Å². The number of hydrogen-bond donors (Lipinski definition) is 1. The minimum atomic E-state index is -0.835. The predicted octanol–water partition coefficient (Wildman–Crippen LogP) is 3.33. The molecule has 0 spiro atoms. The van der Waals surface area contributed by atoms with Crippen LogP contribution in [0.2, 0.25) is 0 Å². The third-order valence-corrected chi connectivity index (χ3v) is 3.55. The first-order valence-electron chi connectivity index (χ1n) is 6.91. The fraction of sp³-hybridized carbons (Fsp3) is 0.600. The van der Waals surface area contributed by atoms with Crippen molar-refractivity contribution in [3.8, 4) is 0 Å². The highest BCUT2D eigenvalue weighted by Gasteiger charge is 2.18. The fourth-order valence-corrected chi connectivity index (χ4v) is 2.09. The molecule has 0 radical (unpaired) electrons. The van der Waals surface area contributed by atoms with Crippen molar-refractivity contribution in [2.75, 3.05) is 19.6 Å². The summed E-state index contributed by atoms with van der Waals surface area (Å²) in [6, 6.07) is 3.67. The van der Waals surface area contributed by atoms with E-state index in [-0.39, 0.29) is 5.56 Å². The Hall–Kier alpha value is -1.00. The Bertz CT molecular complexity index is 396. The second-order valence-electron chi connectivity index (χ2n) is 5.12. The van der Waals surface area contributed by atoms with E-state index in [4.69, 9.17) is 5.73 Å². The lowest BCUT2D eigenvalue weighted by molar-refractivity contribution is 0.231. The molecule has 0 saturated carbocycles. The number of likely N-dealkylation sites (N-methyl/N-ethyl adjacent to an activating group) is 1. The van der Waals surface area contributed by atoms with Crippen LogP contribution in [0.3, 0.4) is 0 Å². The molecule has 0 fully saturated rings. The van der Waals surface area contributed by atoms with Gasteiger partial charge in [0.1, 0.15) is 0 Å². The lowest BCUT2D eigenvalue weighted by Gasteiger charge is -2.27. The molecule has 0 saturated heterocycles. The lowest BCUT2D eigenvalue weighted by atomic mass is 10.0. The molecule has 1 aromatic rings. The van der Waals surface area contributed by atoms with Gasteiger partial charge in [0, 0.05) is 24.7 Å². The van der Waals surface area contributed by atoms with Crippen molar-refractivity contribution in [2.24, 2.45) is 11.7 Å². The Morgan fingerprint density at radius 2 is 1.89 bits per heavy atom. The van der Waals surface area contributed by atoms with Crippen LogP contribution in [0.1, 0.15) is 38.8 Å². The van der Waals surface area contributed by atoms with E-state index in [1.54, 1.807) is 6.07 Å². The average molecular weight is 270 g/mol. The van der Waals surface area contributed by atoms with Gasteiger partial charge < -0.3 is 10.6 Å². The van der Waals surface area contributed by atoms with Gasteiger partial charge in [-0.2, -0.15) is 0 Å². The highest BCUT2D eigenvalue weighted by Crippen LogP contribution is 2.19. The molecule has 2 unspecified atom stereocenters. The highest BCUT2D eigenvalue weighted by molar-refractivity contribution is 5.22. The summed E-state index contributed by atoms with van der Waals surface area (Å²) in [4.78, 5) is 2.18. The molecule has 1 aromatic carbocycles. The quantitative estimate of drug-likeness (QED) is 0.823. The van der Waals surface area contributed by atoms with Crippen LogP contribution >= 0.6 is 0 Å².